The normalized spacial score (nSPS) is 18.6. The molecule has 2 aromatic rings. The standard InChI is InChI=1S/C19H23N5O3/c25-17(23-10-12-24(13-11-23)19-20-6-2-7-21-19)15-4-8-22(9-5-15)18(26)16-3-1-14-27-16/h1-3,6-7,14-15H,4-5,8-13H2. The molecule has 2 amide bonds. The van der Waals surface area contributed by atoms with Gasteiger partial charge in [0.25, 0.3) is 5.91 Å². The number of furan rings is 1. The van der Waals surface area contributed by atoms with Gasteiger partial charge >= 0.3 is 0 Å². The lowest BCUT2D eigenvalue weighted by Gasteiger charge is -2.38. The number of rotatable bonds is 3. The second-order valence-electron chi connectivity index (χ2n) is 6.90. The number of aromatic nitrogens is 2. The fourth-order valence-corrected chi connectivity index (χ4v) is 3.73. The smallest absolute Gasteiger partial charge is 0.289 e. The molecule has 2 aliphatic heterocycles. The van der Waals surface area contributed by atoms with Crippen LogP contribution < -0.4 is 4.90 Å². The van der Waals surface area contributed by atoms with Crippen LogP contribution in [0.1, 0.15) is 23.4 Å². The molecule has 0 atom stereocenters. The van der Waals surface area contributed by atoms with Gasteiger partial charge in [-0.05, 0) is 31.0 Å². The van der Waals surface area contributed by atoms with Gasteiger partial charge in [0.2, 0.25) is 11.9 Å². The van der Waals surface area contributed by atoms with E-state index < -0.39 is 0 Å². The van der Waals surface area contributed by atoms with E-state index in [4.69, 9.17) is 4.42 Å². The van der Waals surface area contributed by atoms with Crippen molar-refractivity contribution in [2.75, 3.05) is 44.2 Å². The molecule has 142 valence electrons. The van der Waals surface area contributed by atoms with E-state index in [0.29, 0.717) is 50.7 Å². The van der Waals surface area contributed by atoms with Crippen LogP contribution in [0.25, 0.3) is 0 Å². The third-order valence-electron chi connectivity index (χ3n) is 5.29. The molecule has 0 bridgehead atoms. The van der Waals surface area contributed by atoms with Crippen LogP contribution in [0.3, 0.4) is 0 Å². The van der Waals surface area contributed by atoms with Gasteiger partial charge in [-0.2, -0.15) is 0 Å². The van der Waals surface area contributed by atoms with Crippen LogP contribution in [0.5, 0.6) is 0 Å². The molecule has 2 aromatic heterocycles. The summed E-state index contributed by atoms with van der Waals surface area (Å²) in [7, 11) is 0. The summed E-state index contributed by atoms with van der Waals surface area (Å²) in [4.78, 5) is 39.5. The Morgan fingerprint density at radius 2 is 1.63 bits per heavy atom. The molecule has 0 saturated carbocycles. The SMILES string of the molecule is O=C(c1ccco1)N1CCC(C(=O)N2CCN(c3ncccn3)CC2)CC1. The second-order valence-corrected chi connectivity index (χ2v) is 6.90. The highest BCUT2D eigenvalue weighted by molar-refractivity contribution is 5.91. The molecule has 0 radical (unpaired) electrons. The summed E-state index contributed by atoms with van der Waals surface area (Å²) in [6.07, 6.45) is 6.37. The van der Waals surface area contributed by atoms with Gasteiger partial charge in [-0.15, -0.1) is 0 Å². The van der Waals surface area contributed by atoms with Crippen molar-refractivity contribution in [3.63, 3.8) is 0 Å². The fourth-order valence-electron chi connectivity index (χ4n) is 3.73. The minimum absolute atomic E-state index is 0.00910. The van der Waals surface area contributed by atoms with E-state index in [2.05, 4.69) is 14.9 Å². The summed E-state index contributed by atoms with van der Waals surface area (Å²) >= 11 is 0. The summed E-state index contributed by atoms with van der Waals surface area (Å²) in [5, 5.41) is 0. The minimum atomic E-state index is -0.0950. The maximum absolute atomic E-state index is 12.9. The van der Waals surface area contributed by atoms with Crippen molar-refractivity contribution in [2.45, 2.75) is 12.8 Å². The van der Waals surface area contributed by atoms with Crippen molar-refractivity contribution < 1.29 is 14.0 Å². The van der Waals surface area contributed by atoms with Crippen LogP contribution in [0.4, 0.5) is 5.95 Å². The third kappa shape index (κ3) is 3.79. The van der Waals surface area contributed by atoms with E-state index in [9.17, 15) is 9.59 Å². The highest BCUT2D eigenvalue weighted by Gasteiger charge is 2.32. The molecule has 0 aromatic carbocycles. The Hall–Kier alpha value is -2.90. The van der Waals surface area contributed by atoms with Crippen molar-refractivity contribution in [2.24, 2.45) is 5.92 Å². The van der Waals surface area contributed by atoms with Gasteiger partial charge in [0.1, 0.15) is 0 Å². The van der Waals surface area contributed by atoms with E-state index in [0.717, 1.165) is 13.1 Å². The number of nitrogens with zero attached hydrogens (tertiary/aromatic N) is 5. The van der Waals surface area contributed by atoms with E-state index in [1.807, 2.05) is 4.90 Å². The number of carbonyl (C=O) groups is 2. The Bertz CT molecular complexity index is 764. The summed E-state index contributed by atoms with van der Waals surface area (Å²) in [6, 6.07) is 5.19. The maximum atomic E-state index is 12.9. The minimum Gasteiger partial charge on any atom is -0.459 e. The second kappa shape index (κ2) is 7.77. The zero-order chi connectivity index (χ0) is 18.6. The third-order valence-corrected chi connectivity index (χ3v) is 5.29. The molecule has 2 fully saturated rings. The van der Waals surface area contributed by atoms with E-state index in [1.54, 1.807) is 35.5 Å². The van der Waals surface area contributed by atoms with Crippen molar-refractivity contribution in [1.82, 2.24) is 19.8 Å². The molecule has 0 spiro atoms. The molecule has 8 heteroatoms. The number of amides is 2. The first kappa shape index (κ1) is 17.5. The predicted octanol–water partition coefficient (Wildman–Crippen LogP) is 1.27. The van der Waals surface area contributed by atoms with Gasteiger partial charge in [-0.1, -0.05) is 0 Å². The van der Waals surface area contributed by atoms with Gasteiger partial charge in [-0.25, -0.2) is 9.97 Å². The summed E-state index contributed by atoms with van der Waals surface area (Å²) in [5.41, 5.74) is 0. The molecule has 8 nitrogen and oxygen atoms in total. The largest absolute Gasteiger partial charge is 0.459 e. The summed E-state index contributed by atoms with van der Waals surface area (Å²) in [5.74, 6) is 1.18. The maximum Gasteiger partial charge on any atom is 0.289 e. The Morgan fingerprint density at radius 1 is 0.926 bits per heavy atom. The first-order valence-electron chi connectivity index (χ1n) is 9.36. The summed E-state index contributed by atoms with van der Waals surface area (Å²) in [6.45, 7) is 4.03. The van der Waals surface area contributed by atoms with E-state index in [-0.39, 0.29) is 17.7 Å². The number of piperidine rings is 1. The molecule has 27 heavy (non-hydrogen) atoms. The van der Waals surface area contributed by atoms with Crippen LogP contribution >= 0.6 is 0 Å². The van der Waals surface area contributed by atoms with Crippen LogP contribution in [0.15, 0.2) is 41.3 Å². The van der Waals surface area contributed by atoms with Gasteiger partial charge in [-0.3, -0.25) is 9.59 Å². The van der Waals surface area contributed by atoms with Crippen LogP contribution in [0.2, 0.25) is 0 Å². The number of carbonyl (C=O) groups excluding carboxylic acids is 2. The number of hydrogen-bond donors (Lipinski definition) is 0. The number of piperazine rings is 1. The first-order valence-corrected chi connectivity index (χ1v) is 9.36. The molecule has 2 aliphatic rings. The Kier molecular flexibility index (Phi) is 5.04. The zero-order valence-corrected chi connectivity index (χ0v) is 15.2. The molecule has 0 aliphatic carbocycles. The Morgan fingerprint density at radius 3 is 2.26 bits per heavy atom. The van der Waals surface area contributed by atoms with Crippen molar-refractivity contribution >= 4 is 17.8 Å². The van der Waals surface area contributed by atoms with Crippen molar-refractivity contribution in [3.05, 3.63) is 42.6 Å². The van der Waals surface area contributed by atoms with Gasteiger partial charge in [0.05, 0.1) is 6.26 Å². The zero-order valence-electron chi connectivity index (χ0n) is 15.2. The molecule has 4 rings (SSSR count). The number of anilines is 1. The summed E-state index contributed by atoms with van der Waals surface area (Å²) < 4.78 is 5.18. The topological polar surface area (TPSA) is 82.8 Å². The molecular formula is C19H23N5O3. The lowest BCUT2D eigenvalue weighted by atomic mass is 9.94. The van der Waals surface area contributed by atoms with Crippen LogP contribution in [0, 0.1) is 5.92 Å². The lowest BCUT2D eigenvalue weighted by molar-refractivity contribution is -0.137. The van der Waals surface area contributed by atoms with Gasteiger partial charge in [0.15, 0.2) is 5.76 Å². The van der Waals surface area contributed by atoms with Crippen molar-refractivity contribution in [3.8, 4) is 0 Å². The lowest BCUT2D eigenvalue weighted by Crippen LogP contribution is -2.52. The van der Waals surface area contributed by atoms with E-state index >= 15 is 0 Å². The average molecular weight is 369 g/mol. The van der Waals surface area contributed by atoms with Crippen molar-refractivity contribution in [1.29, 1.82) is 0 Å². The molecule has 2 saturated heterocycles. The van der Waals surface area contributed by atoms with Crippen LogP contribution in [-0.2, 0) is 4.79 Å². The molecule has 4 heterocycles. The number of hydrogen-bond acceptors (Lipinski definition) is 6. The highest BCUT2D eigenvalue weighted by atomic mass is 16.3. The number of likely N-dealkylation sites (tertiary alicyclic amines) is 1. The Balaban J connectivity index is 1.27. The monoisotopic (exact) mass is 369 g/mol. The first-order chi connectivity index (χ1) is 13.2. The highest BCUT2D eigenvalue weighted by Crippen LogP contribution is 2.22. The molecule has 0 N–H and O–H groups in total. The van der Waals surface area contributed by atoms with Gasteiger partial charge < -0.3 is 19.1 Å². The molecular weight excluding hydrogens is 346 g/mol. The molecule has 0 unspecified atom stereocenters. The predicted molar refractivity (Wildman–Crippen MR) is 98.2 cm³/mol. The van der Waals surface area contributed by atoms with E-state index in [1.165, 1.54) is 6.26 Å². The Labute approximate surface area is 157 Å². The fraction of sp³-hybridized carbons (Fsp3) is 0.474. The van der Waals surface area contributed by atoms with Crippen LogP contribution in [-0.4, -0.2) is 70.9 Å². The quantitative estimate of drug-likeness (QED) is 0.810. The average Bonchev–Trinajstić information content (AvgIpc) is 3.28. The van der Waals surface area contributed by atoms with Gasteiger partial charge in [0, 0.05) is 57.6 Å².